The van der Waals surface area contributed by atoms with Gasteiger partial charge >= 0.3 is 5.97 Å². The summed E-state index contributed by atoms with van der Waals surface area (Å²) in [6.45, 7) is 2.16. The van der Waals surface area contributed by atoms with Gasteiger partial charge in [-0.25, -0.2) is 0 Å². The molecule has 0 spiro atoms. The summed E-state index contributed by atoms with van der Waals surface area (Å²) in [4.78, 5) is 10.3. The molecule has 0 aromatic rings. The van der Waals surface area contributed by atoms with Crippen LogP contribution in [0.25, 0.3) is 0 Å². The molecule has 0 aromatic heterocycles. The van der Waals surface area contributed by atoms with E-state index in [9.17, 15) is 9.90 Å². The summed E-state index contributed by atoms with van der Waals surface area (Å²) in [5, 5.41) is 18.1. The Kier molecular flexibility index (Phi) is 14.1. The number of aliphatic hydroxyl groups is 1. The van der Waals surface area contributed by atoms with Gasteiger partial charge in [-0.05, 0) is 32.1 Å². The summed E-state index contributed by atoms with van der Waals surface area (Å²) in [6.07, 6.45) is 19.6. The number of hydrogen-bond acceptors (Lipinski definition) is 2. The molecule has 0 radical (unpaired) electrons. The molecule has 0 unspecified atom stereocenters. The Hall–Kier alpha value is -1.35. The average Bonchev–Trinajstić information content (AvgIpc) is 2.44. The topological polar surface area (TPSA) is 57.5 Å². The first kappa shape index (κ1) is 19.7. The first-order valence-corrected chi connectivity index (χ1v) is 8.05. The van der Waals surface area contributed by atoms with E-state index >= 15 is 0 Å². The maximum atomic E-state index is 10.3. The molecule has 1 atom stereocenters. The molecule has 0 bridgehead atoms. The molecule has 120 valence electrons. The van der Waals surface area contributed by atoms with Crippen molar-refractivity contribution in [3.63, 3.8) is 0 Å². The summed E-state index contributed by atoms with van der Waals surface area (Å²) in [5.41, 5.74) is 0. The molecule has 0 rings (SSSR count). The van der Waals surface area contributed by atoms with E-state index in [0.717, 1.165) is 38.5 Å². The van der Waals surface area contributed by atoms with Crippen LogP contribution in [0.1, 0.15) is 64.7 Å². The molecule has 0 saturated carbocycles. The van der Waals surface area contributed by atoms with Crippen LogP contribution >= 0.6 is 0 Å². The fraction of sp³-hybridized carbons (Fsp3) is 0.611. The van der Waals surface area contributed by atoms with Gasteiger partial charge in [-0.1, -0.05) is 62.6 Å². The van der Waals surface area contributed by atoms with Gasteiger partial charge in [-0.2, -0.15) is 0 Å². The van der Waals surface area contributed by atoms with Crippen LogP contribution in [-0.2, 0) is 4.79 Å². The number of aliphatic carboxylic acids is 1. The Morgan fingerprint density at radius 1 is 1.05 bits per heavy atom. The minimum Gasteiger partial charge on any atom is -0.481 e. The summed E-state index contributed by atoms with van der Waals surface area (Å²) < 4.78 is 0. The van der Waals surface area contributed by atoms with Crippen LogP contribution in [0.5, 0.6) is 0 Å². The number of carboxylic acid groups (broad SMARTS) is 1. The van der Waals surface area contributed by atoms with Crippen molar-refractivity contribution in [2.75, 3.05) is 0 Å². The summed E-state index contributed by atoms with van der Waals surface area (Å²) >= 11 is 0. The largest absolute Gasteiger partial charge is 0.481 e. The van der Waals surface area contributed by atoms with E-state index in [0.29, 0.717) is 0 Å². The van der Waals surface area contributed by atoms with Crippen molar-refractivity contribution in [3.05, 3.63) is 36.5 Å². The zero-order valence-corrected chi connectivity index (χ0v) is 13.2. The van der Waals surface area contributed by atoms with Gasteiger partial charge in [-0.15, -0.1) is 0 Å². The van der Waals surface area contributed by atoms with Crippen molar-refractivity contribution in [1.82, 2.24) is 0 Å². The van der Waals surface area contributed by atoms with Crippen LogP contribution < -0.4 is 0 Å². The molecule has 0 fully saturated rings. The van der Waals surface area contributed by atoms with Crippen LogP contribution in [0.3, 0.4) is 0 Å². The van der Waals surface area contributed by atoms with E-state index in [2.05, 4.69) is 19.1 Å². The van der Waals surface area contributed by atoms with Crippen molar-refractivity contribution in [2.45, 2.75) is 70.8 Å². The van der Waals surface area contributed by atoms with Crippen LogP contribution in [0.15, 0.2) is 36.5 Å². The van der Waals surface area contributed by atoms with Crippen LogP contribution in [0, 0.1) is 0 Å². The number of carbonyl (C=O) groups is 1. The quantitative estimate of drug-likeness (QED) is 0.296. The van der Waals surface area contributed by atoms with E-state index in [4.69, 9.17) is 5.11 Å². The third-order valence-corrected chi connectivity index (χ3v) is 3.13. The standard InChI is InChI=1S/C18H30O3/c1-2-3-11-14-17(19)15-12-9-7-5-4-6-8-10-13-16-18(20)21/h4,6-7,9,12,15,17,19H,2-3,5,8,10-11,13-14,16H2,1H3,(H,20,21)/t17-/m1/s1. The van der Waals surface area contributed by atoms with Gasteiger partial charge < -0.3 is 10.2 Å². The molecule has 0 saturated heterocycles. The van der Waals surface area contributed by atoms with Gasteiger partial charge in [-0.3, -0.25) is 4.79 Å². The van der Waals surface area contributed by atoms with E-state index in [1.165, 1.54) is 12.8 Å². The smallest absolute Gasteiger partial charge is 0.303 e. The lowest BCUT2D eigenvalue weighted by Gasteiger charge is -2.02. The molecule has 0 heterocycles. The fourth-order valence-corrected chi connectivity index (χ4v) is 1.88. The second-order valence-corrected chi connectivity index (χ2v) is 5.22. The molecule has 0 aliphatic carbocycles. The van der Waals surface area contributed by atoms with Gasteiger partial charge in [0, 0.05) is 6.42 Å². The Labute approximate surface area is 129 Å². The van der Waals surface area contributed by atoms with Crippen molar-refractivity contribution >= 4 is 5.97 Å². The number of allylic oxidation sites excluding steroid dienone is 5. The predicted octanol–water partition coefficient (Wildman–Crippen LogP) is 4.63. The number of carboxylic acids is 1. The first-order chi connectivity index (χ1) is 10.2. The fourth-order valence-electron chi connectivity index (χ4n) is 1.88. The number of hydrogen-bond donors (Lipinski definition) is 2. The first-order valence-electron chi connectivity index (χ1n) is 8.05. The maximum absolute atomic E-state index is 10.3. The highest BCUT2D eigenvalue weighted by Gasteiger charge is 1.96. The molecule has 0 aliphatic heterocycles. The van der Waals surface area contributed by atoms with Crippen LogP contribution in [-0.4, -0.2) is 22.3 Å². The minimum absolute atomic E-state index is 0.263. The third-order valence-electron chi connectivity index (χ3n) is 3.13. The SMILES string of the molecule is CCCCC[C@@H](O)C=CC=CCC=CCCCCC(=O)O. The van der Waals surface area contributed by atoms with Crippen molar-refractivity contribution in [1.29, 1.82) is 0 Å². The molecule has 3 heteroatoms. The lowest BCUT2D eigenvalue weighted by Crippen LogP contribution is -2.00. The number of rotatable bonds is 13. The van der Waals surface area contributed by atoms with Gasteiger partial charge in [0.15, 0.2) is 0 Å². The van der Waals surface area contributed by atoms with Crippen LogP contribution in [0.4, 0.5) is 0 Å². The number of unbranched alkanes of at least 4 members (excludes halogenated alkanes) is 4. The van der Waals surface area contributed by atoms with Gasteiger partial charge in [0.05, 0.1) is 6.10 Å². The molecule has 0 amide bonds. The van der Waals surface area contributed by atoms with Crippen molar-refractivity contribution < 1.29 is 15.0 Å². The zero-order valence-electron chi connectivity index (χ0n) is 13.2. The molecule has 2 N–H and O–H groups in total. The molecule has 0 aliphatic rings. The van der Waals surface area contributed by atoms with E-state index in [1.807, 2.05) is 24.3 Å². The second kappa shape index (κ2) is 15.0. The van der Waals surface area contributed by atoms with E-state index in [-0.39, 0.29) is 12.5 Å². The molecule has 21 heavy (non-hydrogen) atoms. The lowest BCUT2D eigenvalue weighted by atomic mass is 10.1. The highest BCUT2D eigenvalue weighted by Crippen LogP contribution is 2.04. The third kappa shape index (κ3) is 16.6. The van der Waals surface area contributed by atoms with E-state index in [1.54, 1.807) is 0 Å². The van der Waals surface area contributed by atoms with Crippen molar-refractivity contribution in [2.24, 2.45) is 0 Å². The summed E-state index contributed by atoms with van der Waals surface area (Å²) in [5.74, 6) is -0.717. The van der Waals surface area contributed by atoms with Crippen molar-refractivity contribution in [3.8, 4) is 0 Å². The Balaban J connectivity index is 3.51. The monoisotopic (exact) mass is 294 g/mol. The molecule has 3 nitrogen and oxygen atoms in total. The predicted molar refractivity (Wildman–Crippen MR) is 88.3 cm³/mol. The molecule has 0 aromatic carbocycles. The Morgan fingerprint density at radius 3 is 2.57 bits per heavy atom. The highest BCUT2D eigenvalue weighted by molar-refractivity contribution is 5.66. The summed E-state index contributed by atoms with van der Waals surface area (Å²) in [7, 11) is 0. The maximum Gasteiger partial charge on any atom is 0.303 e. The molecular formula is C18H30O3. The highest BCUT2D eigenvalue weighted by atomic mass is 16.4. The Morgan fingerprint density at radius 2 is 1.86 bits per heavy atom. The number of aliphatic hydroxyl groups excluding tert-OH is 1. The second-order valence-electron chi connectivity index (χ2n) is 5.22. The van der Waals surface area contributed by atoms with Gasteiger partial charge in [0.1, 0.15) is 0 Å². The van der Waals surface area contributed by atoms with Crippen LogP contribution in [0.2, 0.25) is 0 Å². The average molecular weight is 294 g/mol. The minimum atomic E-state index is -0.717. The lowest BCUT2D eigenvalue weighted by molar-refractivity contribution is -0.137. The van der Waals surface area contributed by atoms with Gasteiger partial charge in [0.25, 0.3) is 0 Å². The Bertz CT molecular complexity index is 329. The molecular weight excluding hydrogens is 264 g/mol. The normalized spacial score (nSPS) is 13.6. The van der Waals surface area contributed by atoms with Gasteiger partial charge in [0.2, 0.25) is 0 Å². The van der Waals surface area contributed by atoms with E-state index < -0.39 is 5.97 Å². The summed E-state index contributed by atoms with van der Waals surface area (Å²) in [6, 6.07) is 0. The zero-order chi connectivity index (χ0) is 15.8.